The van der Waals surface area contributed by atoms with Crippen LogP contribution in [0.4, 0.5) is 4.79 Å². The SMILES string of the molecule is Cc1c(-c2cc(OCC3CO3)c(Cl)c3c2C(=O)NC3)n(C(=O)OC(C)(C)C)c2ccc(CN3CCCCC3)cc12. The molecule has 1 amide bonds. The number of hydrogen-bond acceptors (Lipinski definition) is 6. The van der Waals surface area contributed by atoms with Gasteiger partial charge in [-0.25, -0.2) is 9.36 Å². The summed E-state index contributed by atoms with van der Waals surface area (Å²) in [6, 6.07) is 8.03. The summed E-state index contributed by atoms with van der Waals surface area (Å²) >= 11 is 6.74. The molecule has 1 aromatic heterocycles. The smallest absolute Gasteiger partial charge is 0.419 e. The molecule has 40 heavy (non-hydrogen) atoms. The highest BCUT2D eigenvalue weighted by atomic mass is 35.5. The van der Waals surface area contributed by atoms with Crippen LogP contribution in [0.25, 0.3) is 22.2 Å². The molecule has 2 aromatic carbocycles. The van der Waals surface area contributed by atoms with Gasteiger partial charge in [-0.15, -0.1) is 0 Å². The van der Waals surface area contributed by atoms with E-state index in [1.54, 1.807) is 10.6 Å². The van der Waals surface area contributed by atoms with Crippen LogP contribution >= 0.6 is 11.6 Å². The summed E-state index contributed by atoms with van der Waals surface area (Å²) in [6.07, 6.45) is 3.28. The summed E-state index contributed by atoms with van der Waals surface area (Å²) in [6.45, 7) is 11.9. The maximum atomic E-state index is 13.8. The first-order chi connectivity index (χ1) is 19.1. The number of nitrogens with one attached hydrogen (secondary N) is 1. The van der Waals surface area contributed by atoms with Crippen LogP contribution in [0.3, 0.4) is 0 Å². The lowest BCUT2D eigenvalue weighted by molar-refractivity contribution is 0.0546. The minimum absolute atomic E-state index is 0.0424. The Hall–Kier alpha value is -3.07. The van der Waals surface area contributed by atoms with E-state index in [9.17, 15) is 9.59 Å². The second kappa shape index (κ2) is 10.4. The van der Waals surface area contributed by atoms with Gasteiger partial charge in [0, 0.05) is 29.6 Å². The fraction of sp³-hybridized carbons (Fsp3) is 0.484. The number of halogens is 1. The van der Waals surface area contributed by atoms with Crippen molar-refractivity contribution >= 4 is 34.5 Å². The zero-order valence-electron chi connectivity index (χ0n) is 23.6. The van der Waals surface area contributed by atoms with Crippen LogP contribution < -0.4 is 10.1 Å². The second-order valence-corrected chi connectivity index (χ2v) is 12.4. The summed E-state index contributed by atoms with van der Waals surface area (Å²) in [5.74, 6) is 0.240. The highest BCUT2D eigenvalue weighted by molar-refractivity contribution is 6.34. The molecule has 2 fully saturated rings. The van der Waals surface area contributed by atoms with Gasteiger partial charge in [0.05, 0.1) is 28.4 Å². The van der Waals surface area contributed by atoms with Gasteiger partial charge in [-0.1, -0.05) is 24.1 Å². The predicted octanol–water partition coefficient (Wildman–Crippen LogP) is 6.06. The van der Waals surface area contributed by atoms with E-state index in [-0.39, 0.29) is 12.0 Å². The minimum Gasteiger partial charge on any atom is -0.489 e. The molecule has 4 heterocycles. The first-order valence-corrected chi connectivity index (χ1v) is 14.5. The first-order valence-electron chi connectivity index (χ1n) is 14.1. The van der Waals surface area contributed by atoms with Gasteiger partial charge in [0.25, 0.3) is 5.91 Å². The molecular weight excluding hydrogens is 530 g/mol. The standard InChI is InChI=1S/C31H36ClN3O5/c1-18-21-12-19(15-34-10-6-5-7-11-34)8-9-24(21)35(30(37)40-31(2,3)4)28(18)22-13-25(39-17-20-16-38-20)27(32)23-14-33-29(36)26(22)23/h8-9,12-13,20H,5-7,10-11,14-17H2,1-4H3,(H,33,36). The summed E-state index contributed by atoms with van der Waals surface area (Å²) < 4.78 is 18.9. The number of aromatic nitrogens is 1. The van der Waals surface area contributed by atoms with Crippen molar-refractivity contribution in [2.45, 2.75) is 71.8 Å². The number of likely N-dealkylation sites (tertiary alicyclic amines) is 1. The normalized spacial score (nSPS) is 19.0. The van der Waals surface area contributed by atoms with Crippen LogP contribution in [0.15, 0.2) is 24.3 Å². The summed E-state index contributed by atoms with van der Waals surface area (Å²) in [5.41, 5.74) is 4.45. The molecule has 0 saturated carbocycles. The fourth-order valence-corrected chi connectivity index (χ4v) is 6.07. The Morgan fingerprint density at radius 3 is 2.62 bits per heavy atom. The summed E-state index contributed by atoms with van der Waals surface area (Å²) in [5, 5.41) is 4.25. The second-order valence-electron chi connectivity index (χ2n) is 12.0. The van der Waals surface area contributed by atoms with E-state index in [4.69, 9.17) is 25.8 Å². The molecular formula is C31H36ClN3O5. The van der Waals surface area contributed by atoms with E-state index in [0.717, 1.165) is 36.1 Å². The number of hydrogen-bond donors (Lipinski definition) is 1. The van der Waals surface area contributed by atoms with Gasteiger partial charge in [-0.2, -0.15) is 0 Å². The van der Waals surface area contributed by atoms with Gasteiger partial charge >= 0.3 is 6.09 Å². The average molecular weight is 566 g/mol. The van der Waals surface area contributed by atoms with E-state index < -0.39 is 11.7 Å². The monoisotopic (exact) mass is 565 g/mol. The Balaban J connectivity index is 1.53. The number of fused-ring (bicyclic) bond motifs is 2. The van der Waals surface area contributed by atoms with Crippen LogP contribution in [-0.2, 0) is 22.6 Å². The topological polar surface area (TPSA) is 85.3 Å². The van der Waals surface area contributed by atoms with Crippen LogP contribution in [-0.4, -0.2) is 59.5 Å². The number of epoxide rings is 1. The first kappa shape index (κ1) is 27.1. The summed E-state index contributed by atoms with van der Waals surface area (Å²) in [4.78, 5) is 29.4. The lowest BCUT2D eigenvalue weighted by Crippen LogP contribution is -2.29. The van der Waals surface area contributed by atoms with Crippen LogP contribution in [0.1, 0.15) is 67.1 Å². The number of rotatable bonds is 6. The molecule has 3 aromatic rings. The van der Waals surface area contributed by atoms with Crippen LogP contribution in [0.5, 0.6) is 5.75 Å². The van der Waals surface area contributed by atoms with Crippen molar-refractivity contribution in [3.63, 3.8) is 0 Å². The highest BCUT2D eigenvalue weighted by Gasteiger charge is 2.34. The molecule has 0 radical (unpaired) electrons. The molecule has 2 saturated heterocycles. The molecule has 1 N–H and O–H groups in total. The van der Waals surface area contributed by atoms with Gasteiger partial charge in [-0.05, 0) is 83.0 Å². The van der Waals surface area contributed by atoms with Gasteiger partial charge in [0.2, 0.25) is 0 Å². The number of benzene rings is 2. The van der Waals surface area contributed by atoms with Crippen molar-refractivity contribution in [3.05, 3.63) is 51.5 Å². The van der Waals surface area contributed by atoms with E-state index >= 15 is 0 Å². The van der Waals surface area contributed by atoms with Gasteiger partial charge in [-0.3, -0.25) is 9.69 Å². The molecule has 0 spiro atoms. The largest absolute Gasteiger partial charge is 0.489 e. The number of aryl methyl sites for hydroxylation is 1. The zero-order valence-corrected chi connectivity index (χ0v) is 24.3. The quantitative estimate of drug-likeness (QED) is 0.366. The number of carbonyl (C=O) groups is 2. The van der Waals surface area contributed by atoms with Crippen LogP contribution in [0.2, 0.25) is 5.02 Å². The Morgan fingerprint density at radius 1 is 1.18 bits per heavy atom. The van der Waals surface area contributed by atoms with Gasteiger partial charge < -0.3 is 19.5 Å². The Bertz CT molecular complexity index is 1500. The number of carbonyl (C=O) groups excluding carboxylic acids is 2. The van der Waals surface area contributed by atoms with Crippen molar-refractivity contribution in [1.82, 2.24) is 14.8 Å². The molecule has 0 bridgehead atoms. The molecule has 6 rings (SSSR count). The molecule has 9 heteroatoms. The van der Waals surface area contributed by atoms with Gasteiger partial charge in [0.15, 0.2) is 0 Å². The number of amides is 1. The van der Waals surface area contributed by atoms with Crippen molar-refractivity contribution in [3.8, 4) is 17.0 Å². The maximum absolute atomic E-state index is 13.8. The Kier molecular flexibility index (Phi) is 7.05. The third-order valence-electron chi connectivity index (χ3n) is 7.78. The van der Waals surface area contributed by atoms with E-state index in [0.29, 0.717) is 52.9 Å². The van der Waals surface area contributed by atoms with E-state index in [1.807, 2.05) is 33.8 Å². The maximum Gasteiger partial charge on any atom is 0.419 e. The molecule has 3 aliphatic rings. The highest BCUT2D eigenvalue weighted by Crippen LogP contribution is 2.44. The number of nitrogens with zero attached hydrogens (tertiary/aromatic N) is 2. The molecule has 1 unspecified atom stereocenters. The fourth-order valence-electron chi connectivity index (χ4n) is 5.80. The third-order valence-corrected chi connectivity index (χ3v) is 8.19. The third kappa shape index (κ3) is 5.20. The van der Waals surface area contributed by atoms with Crippen molar-refractivity contribution in [2.75, 3.05) is 26.3 Å². The number of piperidine rings is 1. The molecule has 1 atom stereocenters. The zero-order chi connectivity index (χ0) is 28.2. The Labute approximate surface area is 239 Å². The van der Waals surface area contributed by atoms with E-state index in [1.165, 1.54) is 24.8 Å². The van der Waals surface area contributed by atoms with Crippen molar-refractivity contribution < 1.29 is 23.8 Å². The molecule has 3 aliphatic heterocycles. The average Bonchev–Trinajstić information content (AvgIpc) is 3.59. The summed E-state index contributed by atoms with van der Waals surface area (Å²) in [7, 11) is 0. The van der Waals surface area contributed by atoms with Crippen molar-refractivity contribution in [2.24, 2.45) is 0 Å². The lowest BCUT2D eigenvalue weighted by atomic mass is 9.97. The van der Waals surface area contributed by atoms with Gasteiger partial charge in [0.1, 0.15) is 24.1 Å². The van der Waals surface area contributed by atoms with Crippen molar-refractivity contribution in [1.29, 1.82) is 0 Å². The molecule has 0 aliphatic carbocycles. The van der Waals surface area contributed by atoms with E-state index in [2.05, 4.69) is 22.3 Å². The van der Waals surface area contributed by atoms with Crippen LogP contribution in [0, 0.1) is 6.92 Å². The number of ether oxygens (including phenoxy) is 3. The lowest BCUT2D eigenvalue weighted by Gasteiger charge is -2.26. The molecule has 212 valence electrons. The molecule has 8 nitrogen and oxygen atoms in total. The Morgan fingerprint density at radius 2 is 1.93 bits per heavy atom. The minimum atomic E-state index is -0.703. The predicted molar refractivity (Wildman–Crippen MR) is 154 cm³/mol.